The zero-order chi connectivity index (χ0) is 10.3. The lowest BCUT2D eigenvalue weighted by Gasteiger charge is -2.39. The van der Waals surface area contributed by atoms with Crippen molar-refractivity contribution in [3.63, 3.8) is 0 Å². The Kier molecular flexibility index (Phi) is 2.14. The molecule has 1 amide bonds. The van der Waals surface area contributed by atoms with Crippen LogP contribution in [-0.4, -0.2) is 40.0 Å². The lowest BCUT2D eigenvalue weighted by molar-refractivity contribution is -0.798. The summed E-state index contributed by atoms with van der Waals surface area (Å²) in [4.78, 5) is 11.4. The number of hydrogen-bond acceptors (Lipinski definition) is 4. The highest BCUT2D eigenvalue weighted by molar-refractivity contribution is 7.80. The second-order valence-electron chi connectivity index (χ2n) is 3.12. The minimum atomic E-state index is -0.940. The highest BCUT2D eigenvalue weighted by Crippen LogP contribution is 2.17. The third kappa shape index (κ3) is 1.27. The molecule has 2 saturated heterocycles. The van der Waals surface area contributed by atoms with Crippen LogP contribution >= 0.6 is 24.4 Å². The molecule has 0 aromatic rings. The van der Waals surface area contributed by atoms with Crippen molar-refractivity contribution in [1.29, 1.82) is 0 Å². The number of rotatable bonds is 1. The van der Waals surface area contributed by atoms with Crippen LogP contribution in [0.3, 0.4) is 0 Å². The van der Waals surface area contributed by atoms with Crippen molar-refractivity contribution >= 4 is 40.6 Å². The number of carbonyl (C=O) groups excluding carboxylic acids is 1. The molecular weight excluding hydrogens is 224 g/mol. The molecule has 76 valence electrons. The SMILES string of the molecule is O=C1NC(=S)NC1[N+]1([O-])CCNC1=S. The molecule has 0 radical (unpaired) electrons. The first kappa shape index (κ1) is 9.71. The molecule has 2 aliphatic heterocycles. The van der Waals surface area contributed by atoms with Crippen LogP contribution in [-0.2, 0) is 4.79 Å². The molecule has 2 aliphatic rings. The summed E-state index contributed by atoms with van der Waals surface area (Å²) in [5, 5.41) is 20.2. The van der Waals surface area contributed by atoms with E-state index in [9.17, 15) is 10.0 Å². The van der Waals surface area contributed by atoms with E-state index in [0.717, 1.165) is 0 Å². The predicted octanol–water partition coefficient (Wildman–Crippen LogP) is -1.48. The van der Waals surface area contributed by atoms with Gasteiger partial charge >= 0.3 is 5.91 Å². The van der Waals surface area contributed by atoms with E-state index in [0.29, 0.717) is 6.54 Å². The summed E-state index contributed by atoms with van der Waals surface area (Å²) in [6.45, 7) is 0.729. The summed E-state index contributed by atoms with van der Waals surface area (Å²) in [5.74, 6) is -0.420. The van der Waals surface area contributed by atoms with Crippen molar-refractivity contribution in [2.45, 2.75) is 6.17 Å². The van der Waals surface area contributed by atoms with E-state index in [-0.39, 0.29) is 16.8 Å². The molecular formula is C6H8N4O2S2. The lowest BCUT2D eigenvalue weighted by Crippen LogP contribution is -2.60. The van der Waals surface area contributed by atoms with Gasteiger partial charge in [-0.05, 0) is 12.2 Å². The topological polar surface area (TPSA) is 76.2 Å². The van der Waals surface area contributed by atoms with Crippen molar-refractivity contribution in [1.82, 2.24) is 16.0 Å². The summed E-state index contributed by atoms with van der Waals surface area (Å²) in [7, 11) is 0. The zero-order valence-corrected chi connectivity index (χ0v) is 8.70. The van der Waals surface area contributed by atoms with Crippen LogP contribution in [0.15, 0.2) is 0 Å². The molecule has 2 atom stereocenters. The van der Waals surface area contributed by atoms with Crippen molar-refractivity contribution in [2.75, 3.05) is 13.1 Å². The summed E-state index contributed by atoms with van der Waals surface area (Å²) in [6, 6.07) is 0. The standard InChI is InChI=1S/C6H8N4O2S2/c11-4-3(8-5(13)9-4)10(12)2-1-7-6(10)14/h3H,1-2H2,(H,7,14)(H2,8,9,11,13). The van der Waals surface area contributed by atoms with Crippen molar-refractivity contribution in [3.05, 3.63) is 5.21 Å². The summed E-state index contributed by atoms with van der Waals surface area (Å²) in [6.07, 6.45) is -0.940. The summed E-state index contributed by atoms with van der Waals surface area (Å²) < 4.78 is -0.860. The van der Waals surface area contributed by atoms with Crippen LogP contribution in [0.1, 0.15) is 0 Å². The van der Waals surface area contributed by atoms with E-state index in [4.69, 9.17) is 24.4 Å². The fraction of sp³-hybridized carbons (Fsp3) is 0.500. The average molecular weight is 232 g/mol. The summed E-state index contributed by atoms with van der Waals surface area (Å²) in [5.41, 5.74) is 0. The van der Waals surface area contributed by atoms with Crippen molar-refractivity contribution in [3.8, 4) is 0 Å². The Morgan fingerprint density at radius 2 is 2.21 bits per heavy atom. The Labute approximate surface area is 90.8 Å². The second-order valence-corrected chi connectivity index (χ2v) is 3.91. The van der Waals surface area contributed by atoms with E-state index in [1.807, 2.05) is 0 Å². The first-order valence-corrected chi connectivity index (χ1v) is 4.84. The van der Waals surface area contributed by atoms with Gasteiger partial charge < -0.3 is 15.8 Å². The molecule has 8 heteroatoms. The summed E-state index contributed by atoms with van der Waals surface area (Å²) >= 11 is 9.61. The zero-order valence-electron chi connectivity index (χ0n) is 7.07. The molecule has 2 unspecified atom stereocenters. The maximum absolute atomic E-state index is 12.1. The minimum absolute atomic E-state index is 0.127. The van der Waals surface area contributed by atoms with Gasteiger partial charge in [0.05, 0.1) is 6.54 Å². The number of nitrogens with one attached hydrogen (secondary N) is 3. The van der Waals surface area contributed by atoms with Gasteiger partial charge in [-0.3, -0.25) is 14.8 Å². The van der Waals surface area contributed by atoms with Crippen LogP contribution in [0.25, 0.3) is 0 Å². The van der Waals surface area contributed by atoms with Gasteiger partial charge in [0.15, 0.2) is 5.11 Å². The maximum atomic E-state index is 12.1. The van der Waals surface area contributed by atoms with Crippen LogP contribution in [0, 0.1) is 5.21 Å². The average Bonchev–Trinajstić information content (AvgIpc) is 2.59. The van der Waals surface area contributed by atoms with E-state index in [1.54, 1.807) is 0 Å². The Balaban J connectivity index is 2.26. The molecule has 0 saturated carbocycles. The molecule has 0 aromatic heterocycles. The number of hydroxylamine groups is 3. The molecule has 2 rings (SSSR count). The van der Waals surface area contributed by atoms with Crippen LogP contribution in [0.4, 0.5) is 0 Å². The molecule has 0 spiro atoms. The van der Waals surface area contributed by atoms with E-state index < -0.39 is 16.7 Å². The number of amides is 1. The number of quaternary nitrogens is 1. The predicted molar refractivity (Wildman–Crippen MR) is 56.8 cm³/mol. The van der Waals surface area contributed by atoms with Gasteiger partial charge in [0.2, 0.25) is 0 Å². The Hall–Kier alpha value is -0.830. The van der Waals surface area contributed by atoms with Gasteiger partial charge in [-0.15, -0.1) is 0 Å². The smallest absolute Gasteiger partial charge is 0.307 e. The van der Waals surface area contributed by atoms with E-state index >= 15 is 0 Å². The third-order valence-corrected chi connectivity index (χ3v) is 2.91. The fourth-order valence-electron chi connectivity index (χ4n) is 1.51. The normalized spacial score (nSPS) is 36.6. The molecule has 14 heavy (non-hydrogen) atoms. The number of hydrogen-bond donors (Lipinski definition) is 3. The molecule has 2 fully saturated rings. The van der Waals surface area contributed by atoms with Crippen LogP contribution < -0.4 is 16.0 Å². The Morgan fingerprint density at radius 3 is 2.64 bits per heavy atom. The number of thiocarbonyl (C=S) groups is 2. The molecule has 0 aliphatic carbocycles. The lowest BCUT2D eigenvalue weighted by atomic mass is 10.4. The highest BCUT2D eigenvalue weighted by Gasteiger charge is 2.46. The van der Waals surface area contributed by atoms with Crippen LogP contribution in [0.5, 0.6) is 0 Å². The van der Waals surface area contributed by atoms with Gasteiger partial charge in [-0.1, -0.05) is 0 Å². The van der Waals surface area contributed by atoms with Gasteiger partial charge in [0.25, 0.3) is 11.3 Å². The highest BCUT2D eigenvalue weighted by atomic mass is 32.1. The second kappa shape index (κ2) is 3.09. The fourth-order valence-corrected chi connectivity index (χ4v) is 2.02. The van der Waals surface area contributed by atoms with Gasteiger partial charge in [-0.2, -0.15) is 0 Å². The molecule has 0 aromatic carbocycles. The van der Waals surface area contributed by atoms with Gasteiger partial charge in [-0.25, -0.2) is 0 Å². The number of carbonyl (C=O) groups is 1. The molecule has 0 bridgehead atoms. The first-order chi connectivity index (χ1) is 6.54. The molecule has 3 N–H and O–H groups in total. The van der Waals surface area contributed by atoms with E-state index in [2.05, 4.69) is 16.0 Å². The van der Waals surface area contributed by atoms with Gasteiger partial charge in [0.1, 0.15) is 6.54 Å². The third-order valence-electron chi connectivity index (χ3n) is 2.23. The van der Waals surface area contributed by atoms with Crippen molar-refractivity contribution < 1.29 is 9.44 Å². The molecule has 2 heterocycles. The van der Waals surface area contributed by atoms with E-state index in [1.165, 1.54) is 0 Å². The van der Waals surface area contributed by atoms with Crippen LogP contribution in [0.2, 0.25) is 0 Å². The minimum Gasteiger partial charge on any atom is -0.624 e. The maximum Gasteiger partial charge on any atom is 0.307 e. The van der Waals surface area contributed by atoms with Crippen molar-refractivity contribution in [2.24, 2.45) is 0 Å². The Morgan fingerprint density at radius 1 is 1.50 bits per heavy atom. The first-order valence-electron chi connectivity index (χ1n) is 4.02. The number of nitrogens with zero attached hydrogens (tertiary/aromatic N) is 1. The quantitative estimate of drug-likeness (QED) is 0.291. The van der Waals surface area contributed by atoms with Gasteiger partial charge in [0, 0.05) is 12.2 Å². The monoisotopic (exact) mass is 232 g/mol. The molecule has 6 nitrogen and oxygen atoms in total. The Bertz CT molecular complexity index is 334. The largest absolute Gasteiger partial charge is 0.624 e.